The van der Waals surface area contributed by atoms with Gasteiger partial charge < -0.3 is 19.0 Å². The highest BCUT2D eigenvalue weighted by molar-refractivity contribution is 6.74. The lowest BCUT2D eigenvalue weighted by atomic mass is 10.0. The molecule has 0 amide bonds. The molecule has 0 aromatic heterocycles. The Labute approximate surface area is 165 Å². The van der Waals surface area contributed by atoms with Crippen LogP contribution in [-0.2, 0) is 20.6 Å². The smallest absolute Gasteiger partial charge is 0.192 e. The third-order valence-electron chi connectivity index (χ3n) is 5.22. The number of ether oxygens (including phenoxy) is 2. The molecule has 0 spiro atoms. The first kappa shape index (κ1) is 23.8. The predicted molar refractivity (Wildman–Crippen MR) is 111 cm³/mol. The van der Waals surface area contributed by atoms with E-state index in [2.05, 4.69) is 33.9 Å². The van der Waals surface area contributed by atoms with E-state index in [9.17, 15) is 9.90 Å². The predicted octanol–water partition coefficient (Wildman–Crippen LogP) is 4.19. The Balaban J connectivity index is 2.33. The number of methoxy groups -OCH3 is 1. The van der Waals surface area contributed by atoms with Crippen LogP contribution in [0.15, 0.2) is 24.3 Å². The Morgan fingerprint density at radius 2 is 1.74 bits per heavy atom. The van der Waals surface area contributed by atoms with Gasteiger partial charge >= 0.3 is 0 Å². The summed E-state index contributed by atoms with van der Waals surface area (Å²) in [6.45, 7) is 13.7. The quantitative estimate of drug-likeness (QED) is 0.568. The summed E-state index contributed by atoms with van der Waals surface area (Å²) in [6.07, 6.45) is -0.712. The number of aliphatic hydroxyl groups excluding tert-OH is 1. The van der Waals surface area contributed by atoms with Gasteiger partial charge in [0.1, 0.15) is 11.5 Å². The Morgan fingerprint density at radius 3 is 2.26 bits per heavy atom. The molecule has 5 nitrogen and oxygen atoms in total. The number of carbonyl (C=O) groups is 1. The molecule has 0 heterocycles. The maximum absolute atomic E-state index is 12.3. The van der Waals surface area contributed by atoms with Crippen molar-refractivity contribution in [3.05, 3.63) is 29.8 Å². The molecule has 6 heteroatoms. The van der Waals surface area contributed by atoms with E-state index in [1.165, 1.54) is 0 Å². The Bertz CT molecular complexity index is 577. The second-order valence-corrected chi connectivity index (χ2v) is 13.5. The number of ketones is 1. The van der Waals surface area contributed by atoms with Crippen LogP contribution in [0.1, 0.15) is 39.7 Å². The molecule has 0 fully saturated rings. The van der Waals surface area contributed by atoms with Gasteiger partial charge in [-0.05, 0) is 35.8 Å². The Morgan fingerprint density at radius 1 is 1.15 bits per heavy atom. The van der Waals surface area contributed by atoms with Gasteiger partial charge in [0.05, 0.1) is 26.4 Å². The first-order valence-corrected chi connectivity index (χ1v) is 12.4. The number of hydrogen-bond donors (Lipinski definition) is 1. The van der Waals surface area contributed by atoms with Crippen LogP contribution in [0, 0.1) is 5.92 Å². The van der Waals surface area contributed by atoms with E-state index in [1.807, 2.05) is 31.2 Å². The van der Waals surface area contributed by atoms with Crippen molar-refractivity contribution in [2.75, 3.05) is 20.3 Å². The Kier molecular flexibility index (Phi) is 9.15. The largest absolute Gasteiger partial charge is 0.497 e. The van der Waals surface area contributed by atoms with Crippen LogP contribution in [0.25, 0.3) is 0 Å². The lowest BCUT2D eigenvalue weighted by Crippen LogP contribution is -2.42. The zero-order valence-corrected chi connectivity index (χ0v) is 18.9. The minimum Gasteiger partial charge on any atom is -0.497 e. The third kappa shape index (κ3) is 8.13. The van der Waals surface area contributed by atoms with Gasteiger partial charge in [-0.2, -0.15) is 0 Å². The summed E-state index contributed by atoms with van der Waals surface area (Å²) < 4.78 is 16.7. The van der Waals surface area contributed by atoms with Gasteiger partial charge in [0, 0.05) is 18.9 Å². The molecule has 0 aliphatic carbocycles. The molecule has 0 bridgehead atoms. The molecule has 1 aromatic rings. The van der Waals surface area contributed by atoms with Crippen molar-refractivity contribution < 1.29 is 23.8 Å². The molecule has 154 valence electrons. The molecule has 1 rings (SSSR count). The summed E-state index contributed by atoms with van der Waals surface area (Å²) in [5.74, 6) is 0.572. The van der Waals surface area contributed by atoms with Crippen LogP contribution in [0.5, 0.6) is 5.75 Å². The maximum atomic E-state index is 12.3. The highest BCUT2D eigenvalue weighted by Crippen LogP contribution is 2.36. The molecule has 0 radical (unpaired) electrons. The van der Waals surface area contributed by atoms with Gasteiger partial charge in [-0.15, -0.1) is 0 Å². The molecule has 2 atom stereocenters. The maximum Gasteiger partial charge on any atom is 0.192 e. The molecule has 27 heavy (non-hydrogen) atoms. The topological polar surface area (TPSA) is 65.0 Å². The molecule has 0 aliphatic heterocycles. The molecule has 0 saturated carbocycles. The number of rotatable bonds is 11. The van der Waals surface area contributed by atoms with Crippen molar-refractivity contribution in [1.29, 1.82) is 0 Å². The minimum atomic E-state index is -1.87. The summed E-state index contributed by atoms with van der Waals surface area (Å²) in [5.41, 5.74) is 0.991. The van der Waals surface area contributed by atoms with Crippen LogP contribution < -0.4 is 4.74 Å². The van der Waals surface area contributed by atoms with E-state index in [-0.39, 0.29) is 29.8 Å². The molecular formula is C21H36O5Si. The minimum absolute atomic E-state index is 0.00857. The van der Waals surface area contributed by atoms with E-state index in [4.69, 9.17) is 13.9 Å². The number of carbonyl (C=O) groups excluding carboxylic acids is 1. The number of hydrogen-bond acceptors (Lipinski definition) is 5. The fourth-order valence-electron chi connectivity index (χ4n) is 2.17. The highest BCUT2D eigenvalue weighted by Gasteiger charge is 2.37. The molecule has 0 saturated heterocycles. The number of aliphatic hydroxyl groups is 1. The van der Waals surface area contributed by atoms with Gasteiger partial charge in [0.15, 0.2) is 8.32 Å². The van der Waals surface area contributed by atoms with E-state index in [0.717, 1.165) is 11.3 Å². The number of Topliss-reactive ketones (excluding diaryl/α,β-unsaturated/α-hetero) is 1. The highest BCUT2D eigenvalue weighted by atomic mass is 28.4. The molecule has 1 N–H and O–H groups in total. The molecule has 0 unspecified atom stereocenters. The molecule has 1 aromatic carbocycles. The summed E-state index contributed by atoms with van der Waals surface area (Å²) in [6, 6.07) is 7.55. The van der Waals surface area contributed by atoms with Crippen LogP contribution in [0.3, 0.4) is 0 Å². The fraction of sp³-hybridized carbons (Fsp3) is 0.667. The summed E-state index contributed by atoms with van der Waals surface area (Å²) in [4.78, 5) is 12.3. The summed E-state index contributed by atoms with van der Waals surface area (Å²) >= 11 is 0. The van der Waals surface area contributed by atoms with E-state index >= 15 is 0 Å². The Hall–Kier alpha value is -1.21. The molecular weight excluding hydrogens is 360 g/mol. The second-order valence-electron chi connectivity index (χ2n) is 8.66. The summed E-state index contributed by atoms with van der Waals surface area (Å²) in [5, 5.41) is 10.2. The first-order valence-electron chi connectivity index (χ1n) is 9.51. The van der Waals surface area contributed by atoms with Crippen molar-refractivity contribution >= 4 is 14.1 Å². The van der Waals surface area contributed by atoms with Gasteiger partial charge in [-0.25, -0.2) is 0 Å². The molecule has 0 aliphatic rings. The zero-order valence-electron chi connectivity index (χ0n) is 17.9. The van der Waals surface area contributed by atoms with Crippen LogP contribution in [-0.4, -0.2) is 45.6 Å². The van der Waals surface area contributed by atoms with Crippen molar-refractivity contribution in [3.63, 3.8) is 0 Å². The zero-order chi connectivity index (χ0) is 20.7. The van der Waals surface area contributed by atoms with Crippen molar-refractivity contribution in [2.24, 2.45) is 5.92 Å². The van der Waals surface area contributed by atoms with Crippen LogP contribution >= 0.6 is 0 Å². The van der Waals surface area contributed by atoms with Crippen molar-refractivity contribution in [3.8, 4) is 5.75 Å². The standard InChI is InChI=1S/C21H36O5Si/c1-16(13-26-27(6,7)21(2,3)4)20(23)12-18(22)15-25-14-17-8-10-19(24-5)11-9-17/h8-11,16,18,22H,12-15H2,1-7H3/t16-,18-/m0/s1. The van der Waals surface area contributed by atoms with Gasteiger partial charge in [-0.3, -0.25) is 4.79 Å². The lowest BCUT2D eigenvalue weighted by molar-refractivity contribution is -0.126. The van der Waals surface area contributed by atoms with Crippen LogP contribution in [0.2, 0.25) is 18.1 Å². The fourth-order valence-corrected chi connectivity index (χ4v) is 3.27. The van der Waals surface area contributed by atoms with Crippen molar-refractivity contribution in [2.45, 2.75) is 65.0 Å². The van der Waals surface area contributed by atoms with E-state index in [0.29, 0.717) is 13.2 Å². The monoisotopic (exact) mass is 396 g/mol. The van der Waals surface area contributed by atoms with Gasteiger partial charge in [-0.1, -0.05) is 39.8 Å². The average molecular weight is 397 g/mol. The first-order chi connectivity index (χ1) is 12.5. The third-order valence-corrected chi connectivity index (χ3v) is 9.73. The normalized spacial score (nSPS) is 14.7. The van der Waals surface area contributed by atoms with Crippen molar-refractivity contribution in [1.82, 2.24) is 0 Å². The van der Waals surface area contributed by atoms with E-state index in [1.54, 1.807) is 7.11 Å². The van der Waals surface area contributed by atoms with Crippen LogP contribution in [0.4, 0.5) is 0 Å². The SMILES string of the molecule is COc1ccc(COC[C@@H](O)CC(=O)[C@@H](C)CO[Si](C)(C)C(C)(C)C)cc1. The van der Waals surface area contributed by atoms with Gasteiger partial charge in [0.2, 0.25) is 0 Å². The average Bonchev–Trinajstić information content (AvgIpc) is 2.59. The second kappa shape index (κ2) is 10.4. The lowest BCUT2D eigenvalue weighted by Gasteiger charge is -2.36. The number of benzene rings is 1. The van der Waals surface area contributed by atoms with E-state index < -0.39 is 14.4 Å². The van der Waals surface area contributed by atoms with Gasteiger partial charge in [0.25, 0.3) is 0 Å². The summed E-state index contributed by atoms with van der Waals surface area (Å²) in [7, 11) is -0.245.